The summed E-state index contributed by atoms with van der Waals surface area (Å²) in [6.45, 7) is 0. The van der Waals surface area contributed by atoms with E-state index in [0.717, 1.165) is 6.42 Å². The summed E-state index contributed by atoms with van der Waals surface area (Å²) in [6, 6.07) is 13.0. The van der Waals surface area contributed by atoms with E-state index in [1.54, 1.807) is 0 Å². The Morgan fingerprint density at radius 2 is 1.62 bits per heavy atom. The topological polar surface area (TPSA) is 31.6 Å². The maximum absolute atomic E-state index is 3.60. The number of nitrogens with one attached hydrogen (secondary N) is 2. The fraction of sp³-hybridized carbons (Fsp3) is 0.0526. The molecule has 2 heterocycles. The summed E-state index contributed by atoms with van der Waals surface area (Å²) in [5, 5.41) is 3.89. The number of hydrogen-bond donors (Lipinski definition) is 2. The molecule has 2 aromatic heterocycles. The molecule has 0 spiro atoms. The van der Waals surface area contributed by atoms with Crippen LogP contribution in [0.1, 0.15) is 11.3 Å². The summed E-state index contributed by atoms with van der Waals surface area (Å²) in [6.07, 6.45) is 9.57. The fourth-order valence-corrected chi connectivity index (χ4v) is 3.43. The number of fused-ring (bicyclic) bond motifs is 7. The van der Waals surface area contributed by atoms with Gasteiger partial charge in [-0.2, -0.15) is 0 Å². The van der Waals surface area contributed by atoms with E-state index in [1.807, 2.05) is 0 Å². The van der Waals surface area contributed by atoms with Gasteiger partial charge < -0.3 is 9.97 Å². The first-order chi connectivity index (χ1) is 10.4. The molecule has 0 fully saturated rings. The van der Waals surface area contributed by atoms with Gasteiger partial charge >= 0.3 is 0 Å². The van der Waals surface area contributed by atoms with Crippen LogP contribution in [0.2, 0.25) is 0 Å². The van der Waals surface area contributed by atoms with Gasteiger partial charge in [-0.3, -0.25) is 0 Å². The van der Waals surface area contributed by atoms with Crippen LogP contribution in [-0.4, -0.2) is 9.97 Å². The molecular weight excluding hydrogens is 256 g/mol. The highest BCUT2D eigenvalue weighted by Crippen LogP contribution is 2.34. The number of allylic oxidation sites excluding steroid dienone is 3. The smallest absolute Gasteiger partial charge is 0.0710 e. The average molecular weight is 270 g/mol. The molecule has 2 N–H and O–H groups in total. The molecule has 4 aromatic rings. The highest BCUT2D eigenvalue weighted by molar-refractivity contribution is 6.16. The van der Waals surface area contributed by atoms with Crippen LogP contribution in [0.15, 0.2) is 54.6 Å². The second-order valence-corrected chi connectivity index (χ2v) is 5.59. The third-order valence-corrected chi connectivity index (χ3v) is 4.42. The van der Waals surface area contributed by atoms with Crippen molar-refractivity contribution in [3.8, 4) is 0 Å². The van der Waals surface area contributed by atoms with Gasteiger partial charge in [0.15, 0.2) is 0 Å². The van der Waals surface area contributed by atoms with Gasteiger partial charge in [-0.05, 0) is 24.1 Å². The molecule has 1 aliphatic rings. The summed E-state index contributed by atoms with van der Waals surface area (Å²) in [4.78, 5) is 7.17. The number of rotatable bonds is 0. The minimum absolute atomic E-state index is 0.980. The minimum Gasteiger partial charge on any atom is -0.353 e. The normalized spacial score (nSPS) is 14.1. The average Bonchev–Trinajstić information content (AvgIpc) is 2.97. The number of H-pyrrole nitrogens is 2. The van der Waals surface area contributed by atoms with Crippen molar-refractivity contribution in [2.45, 2.75) is 6.42 Å². The van der Waals surface area contributed by atoms with Gasteiger partial charge in [-0.1, -0.05) is 48.6 Å². The number of para-hydroxylation sites is 1. The third-order valence-electron chi connectivity index (χ3n) is 4.42. The van der Waals surface area contributed by atoms with Crippen LogP contribution in [0.5, 0.6) is 0 Å². The van der Waals surface area contributed by atoms with Crippen LogP contribution >= 0.6 is 0 Å². The summed E-state index contributed by atoms with van der Waals surface area (Å²) >= 11 is 0. The predicted octanol–water partition coefficient (Wildman–Crippen LogP) is 4.93. The van der Waals surface area contributed by atoms with Crippen LogP contribution in [0.4, 0.5) is 0 Å². The van der Waals surface area contributed by atoms with E-state index in [9.17, 15) is 0 Å². The zero-order valence-corrected chi connectivity index (χ0v) is 11.5. The number of benzene rings is 2. The van der Waals surface area contributed by atoms with Crippen LogP contribution in [-0.2, 0) is 6.42 Å². The Balaban J connectivity index is 1.97. The monoisotopic (exact) mass is 270 g/mol. The Labute approximate surface area is 121 Å². The molecule has 100 valence electrons. The van der Waals surface area contributed by atoms with Gasteiger partial charge in [0.25, 0.3) is 0 Å². The molecule has 0 unspecified atom stereocenters. The van der Waals surface area contributed by atoms with Crippen LogP contribution in [0, 0.1) is 0 Å². The summed E-state index contributed by atoms with van der Waals surface area (Å²) in [5.41, 5.74) is 6.23. The van der Waals surface area contributed by atoms with E-state index < -0.39 is 0 Å². The Hall–Kier alpha value is -2.74. The zero-order chi connectivity index (χ0) is 13.8. The van der Waals surface area contributed by atoms with Crippen LogP contribution in [0.3, 0.4) is 0 Å². The van der Waals surface area contributed by atoms with Crippen molar-refractivity contribution in [3.63, 3.8) is 0 Å². The highest BCUT2D eigenvalue weighted by Gasteiger charge is 2.14. The minimum atomic E-state index is 0.980. The van der Waals surface area contributed by atoms with Crippen molar-refractivity contribution >= 4 is 38.8 Å². The lowest BCUT2D eigenvalue weighted by Crippen LogP contribution is -1.80. The Morgan fingerprint density at radius 1 is 0.762 bits per heavy atom. The van der Waals surface area contributed by atoms with Crippen molar-refractivity contribution in [1.29, 1.82) is 0 Å². The number of aromatic amines is 2. The second-order valence-electron chi connectivity index (χ2n) is 5.59. The van der Waals surface area contributed by atoms with E-state index in [-0.39, 0.29) is 0 Å². The largest absolute Gasteiger partial charge is 0.353 e. The third kappa shape index (κ3) is 1.42. The highest BCUT2D eigenvalue weighted by atomic mass is 14.8. The van der Waals surface area contributed by atoms with Crippen LogP contribution < -0.4 is 0 Å². The lowest BCUT2D eigenvalue weighted by Gasteiger charge is -1.96. The number of aromatic nitrogens is 2. The van der Waals surface area contributed by atoms with E-state index >= 15 is 0 Å². The molecule has 21 heavy (non-hydrogen) atoms. The van der Waals surface area contributed by atoms with Gasteiger partial charge in [0.2, 0.25) is 0 Å². The molecule has 5 rings (SSSR count). The van der Waals surface area contributed by atoms with Gasteiger partial charge in [-0.15, -0.1) is 0 Å². The molecule has 2 heteroatoms. The van der Waals surface area contributed by atoms with Gasteiger partial charge in [-0.25, -0.2) is 0 Å². The standard InChI is InChI=1S/C19H14N2/c1-2-6-12-14-10-11-15-13-7-4-5-9-17(13)21-19(15)18(14)20-16(12)8-3-1/h1-5,7-11,20-21H,6H2. The van der Waals surface area contributed by atoms with Crippen molar-refractivity contribution in [2.75, 3.05) is 0 Å². The number of hydrogen-bond acceptors (Lipinski definition) is 0. The zero-order valence-electron chi connectivity index (χ0n) is 11.5. The molecule has 0 bridgehead atoms. The van der Waals surface area contributed by atoms with Crippen LogP contribution in [0.25, 0.3) is 38.8 Å². The molecule has 0 atom stereocenters. The van der Waals surface area contributed by atoms with E-state index in [2.05, 4.69) is 70.7 Å². The Bertz CT molecular complexity index is 1060. The molecule has 0 saturated heterocycles. The summed E-state index contributed by atoms with van der Waals surface area (Å²) in [5.74, 6) is 0. The lowest BCUT2D eigenvalue weighted by atomic mass is 10.1. The first kappa shape index (κ1) is 11.0. The summed E-state index contributed by atoms with van der Waals surface area (Å²) < 4.78 is 0. The van der Waals surface area contributed by atoms with Crippen molar-refractivity contribution < 1.29 is 0 Å². The molecular formula is C19H14N2. The predicted molar refractivity (Wildman–Crippen MR) is 89.5 cm³/mol. The van der Waals surface area contributed by atoms with Crippen molar-refractivity contribution in [2.24, 2.45) is 0 Å². The SMILES string of the molecule is C1=CCc2c([nH]c3c2ccc2c4ccccc4[nH]c23)C=C1. The first-order valence-corrected chi connectivity index (χ1v) is 7.29. The Morgan fingerprint density at radius 3 is 2.62 bits per heavy atom. The van der Waals surface area contributed by atoms with Crippen molar-refractivity contribution in [1.82, 2.24) is 9.97 Å². The molecule has 0 amide bonds. The molecule has 2 nitrogen and oxygen atoms in total. The second kappa shape index (κ2) is 3.89. The van der Waals surface area contributed by atoms with E-state index in [1.165, 1.54) is 44.0 Å². The molecule has 0 saturated carbocycles. The summed E-state index contributed by atoms with van der Waals surface area (Å²) in [7, 11) is 0. The van der Waals surface area contributed by atoms with Gasteiger partial charge in [0.05, 0.1) is 11.0 Å². The van der Waals surface area contributed by atoms with Crippen molar-refractivity contribution in [3.05, 3.63) is 65.9 Å². The maximum atomic E-state index is 3.60. The van der Waals surface area contributed by atoms with E-state index in [4.69, 9.17) is 0 Å². The molecule has 1 aliphatic carbocycles. The lowest BCUT2D eigenvalue weighted by molar-refractivity contribution is 1.27. The molecule has 0 aliphatic heterocycles. The first-order valence-electron chi connectivity index (χ1n) is 7.29. The van der Waals surface area contributed by atoms with Gasteiger partial charge in [0, 0.05) is 27.4 Å². The Kier molecular flexibility index (Phi) is 2.03. The molecule has 0 radical (unpaired) electrons. The van der Waals surface area contributed by atoms with E-state index in [0.29, 0.717) is 0 Å². The maximum Gasteiger partial charge on any atom is 0.0710 e. The molecule has 2 aromatic carbocycles. The quantitative estimate of drug-likeness (QED) is 0.454. The van der Waals surface area contributed by atoms with Gasteiger partial charge in [0.1, 0.15) is 0 Å². The fourth-order valence-electron chi connectivity index (χ4n) is 3.43.